The van der Waals surface area contributed by atoms with E-state index in [1.807, 2.05) is 11.6 Å². The Balaban J connectivity index is 4.21. The molecule has 0 aliphatic carbocycles. The minimum Gasteiger partial charge on any atom is -0.480 e. The first-order valence-electron chi connectivity index (χ1n) is 6.73. The number of carboxylic acids is 1. The van der Waals surface area contributed by atoms with E-state index < -0.39 is 55.5 Å². The standard InChI is InChI=1S/C12H22N4O6S/c1-23-3-2-7(13)11(21)14-4-9(18)16-8(6-17)12(22)15-5-10(19)20/h7-8,17H,2-6,13H2,1H3,(H,14,21)(H,15,22)(H,16,18)(H,19,20). The number of amides is 3. The van der Waals surface area contributed by atoms with Crippen LogP contribution in [0.5, 0.6) is 0 Å². The Hall–Kier alpha value is -1.85. The van der Waals surface area contributed by atoms with E-state index in [2.05, 4.69) is 10.6 Å². The fourth-order valence-electron chi connectivity index (χ4n) is 1.40. The third-order valence-electron chi connectivity index (χ3n) is 2.64. The lowest BCUT2D eigenvalue weighted by molar-refractivity contribution is -0.138. The van der Waals surface area contributed by atoms with Gasteiger partial charge in [0.25, 0.3) is 0 Å². The summed E-state index contributed by atoms with van der Waals surface area (Å²) in [6.45, 7) is -1.75. The van der Waals surface area contributed by atoms with E-state index in [0.29, 0.717) is 12.2 Å². The quantitative estimate of drug-likeness (QED) is 0.227. The lowest BCUT2D eigenvalue weighted by Gasteiger charge is -2.16. The molecule has 0 saturated carbocycles. The fourth-order valence-corrected chi connectivity index (χ4v) is 1.89. The van der Waals surface area contributed by atoms with Crippen molar-refractivity contribution in [3.63, 3.8) is 0 Å². The van der Waals surface area contributed by atoms with Gasteiger partial charge in [0.05, 0.1) is 19.2 Å². The molecule has 3 amide bonds. The summed E-state index contributed by atoms with van der Waals surface area (Å²) in [6, 6.07) is -2.04. The molecule has 0 aromatic carbocycles. The molecule has 23 heavy (non-hydrogen) atoms. The van der Waals surface area contributed by atoms with Crippen LogP contribution in [0.1, 0.15) is 6.42 Å². The molecule has 2 unspecified atom stereocenters. The molecule has 11 heteroatoms. The van der Waals surface area contributed by atoms with Gasteiger partial charge in [-0.3, -0.25) is 19.2 Å². The second-order valence-corrected chi connectivity index (χ2v) is 5.51. The molecule has 0 spiro atoms. The summed E-state index contributed by atoms with van der Waals surface area (Å²) < 4.78 is 0. The first-order chi connectivity index (χ1) is 10.8. The molecule has 0 radical (unpaired) electrons. The van der Waals surface area contributed by atoms with Crippen LogP contribution >= 0.6 is 11.8 Å². The lowest BCUT2D eigenvalue weighted by atomic mass is 10.2. The molecule has 132 valence electrons. The average Bonchev–Trinajstić information content (AvgIpc) is 2.52. The summed E-state index contributed by atoms with van der Waals surface area (Å²) in [7, 11) is 0. The van der Waals surface area contributed by atoms with Gasteiger partial charge < -0.3 is 31.9 Å². The van der Waals surface area contributed by atoms with Gasteiger partial charge in [-0.2, -0.15) is 11.8 Å². The molecule has 0 rings (SSSR count). The first kappa shape index (κ1) is 21.1. The van der Waals surface area contributed by atoms with Gasteiger partial charge in [-0.15, -0.1) is 0 Å². The maximum Gasteiger partial charge on any atom is 0.322 e. The molecule has 0 saturated heterocycles. The Morgan fingerprint density at radius 2 is 1.74 bits per heavy atom. The van der Waals surface area contributed by atoms with E-state index in [9.17, 15) is 19.2 Å². The van der Waals surface area contributed by atoms with Crippen LogP contribution in [-0.4, -0.2) is 77.7 Å². The molecule has 0 bridgehead atoms. The Kier molecular flexibility index (Phi) is 10.7. The zero-order valence-electron chi connectivity index (χ0n) is 12.7. The Morgan fingerprint density at radius 3 is 2.26 bits per heavy atom. The highest BCUT2D eigenvalue weighted by molar-refractivity contribution is 7.98. The molecule has 0 aliphatic heterocycles. The number of carbonyl (C=O) groups is 4. The van der Waals surface area contributed by atoms with Gasteiger partial charge in [-0.25, -0.2) is 0 Å². The van der Waals surface area contributed by atoms with Gasteiger partial charge >= 0.3 is 5.97 Å². The van der Waals surface area contributed by atoms with Crippen molar-refractivity contribution in [3.8, 4) is 0 Å². The molecule has 0 heterocycles. The second kappa shape index (κ2) is 11.7. The topological polar surface area (TPSA) is 171 Å². The minimum absolute atomic E-state index is 0.408. The number of carboxylic acid groups (broad SMARTS) is 1. The van der Waals surface area contributed by atoms with Crippen LogP contribution in [0.25, 0.3) is 0 Å². The van der Waals surface area contributed by atoms with Crippen molar-refractivity contribution in [3.05, 3.63) is 0 Å². The molecule has 0 aromatic heterocycles. The zero-order chi connectivity index (χ0) is 17.8. The van der Waals surface area contributed by atoms with E-state index in [1.54, 1.807) is 0 Å². The van der Waals surface area contributed by atoms with Crippen molar-refractivity contribution in [2.24, 2.45) is 5.73 Å². The Labute approximate surface area is 137 Å². The third-order valence-corrected chi connectivity index (χ3v) is 3.29. The maximum absolute atomic E-state index is 11.6. The van der Waals surface area contributed by atoms with Crippen LogP contribution in [0.2, 0.25) is 0 Å². The fraction of sp³-hybridized carbons (Fsp3) is 0.667. The summed E-state index contributed by atoms with van der Waals surface area (Å²) in [5, 5.41) is 24.0. The number of hydrogen-bond acceptors (Lipinski definition) is 7. The summed E-state index contributed by atoms with van der Waals surface area (Å²) in [4.78, 5) is 45.1. The predicted octanol–water partition coefficient (Wildman–Crippen LogP) is -3.14. The number of thioether (sulfide) groups is 1. The summed E-state index contributed by atoms with van der Waals surface area (Å²) in [5.74, 6) is -2.60. The highest BCUT2D eigenvalue weighted by Crippen LogP contribution is 1.98. The minimum atomic E-state index is -1.30. The SMILES string of the molecule is CSCCC(N)C(=O)NCC(=O)NC(CO)C(=O)NCC(=O)O. The normalized spacial score (nSPS) is 12.8. The number of rotatable bonds is 11. The zero-order valence-corrected chi connectivity index (χ0v) is 13.5. The second-order valence-electron chi connectivity index (χ2n) is 4.52. The van der Waals surface area contributed by atoms with Gasteiger partial charge in [-0.1, -0.05) is 0 Å². The van der Waals surface area contributed by atoms with Crippen molar-refractivity contribution >= 4 is 35.5 Å². The molecular formula is C12H22N4O6S. The molecule has 7 N–H and O–H groups in total. The maximum atomic E-state index is 11.6. The van der Waals surface area contributed by atoms with Crippen LogP contribution < -0.4 is 21.7 Å². The van der Waals surface area contributed by atoms with Gasteiger partial charge in [0.1, 0.15) is 12.6 Å². The van der Waals surface area contributed by atoms with Crippen molar-refractivity contribution in [2.75, 3.05) is 31.7 Å². The van der Waals surface area contributed by atoms with Crippen LogP contribution in [0.3, 0.4) is 0 Å². The molecule has 0 aromatic rings. The smallest absolute Gasteiger partial charge is 0.322 e. The predicted molar refractivity (Wildman–Crippen MR) is 83.6 cm³/mol. The molecule has 2 atom stereocenters. The van der Waals surface area contributed by atoms with Crippen LogP contribution in [0, 0.1) is 0 Å². The van der Waals surface area contributed by atoms with Crippen molar-refractivity contribution in [1.29, 1.82) is 0 Å². The van der Waals surface area contributed by atoms with E-state index in [0.717, 1.165) is 0 Å². The third kappa shape index (κ3) is 9.71. The highest BCUT2D eigenvalue weighted by Gasteiger charge is 2.21. The van der Waals surface area contributed by atoms with Crippen molar-refractivity contribution < 1.29 is 29.4 Å². The van der Waals surface area contributed by atoms with E-state index in [-0.39, 0.29) is 0 Å². The first-order valence-corrected chi connectivity index (χ1v) is 8.13. The van der Waals surface area contributed by atoms with Crippen LogP contribution in [0.4, 0.5) is 0 Å². The van der Waals surface area contributed by atoms with E-state index in [4.69, 9.17) is 15.9 Å². The molecule has 0 aliphatic rings. The largest absolute Gasteiger partial charge is 0.480 e. The van der Waals surface area contributed by atoms with Gasteiger partial charge in [0.2, 0.25) is 17.7 Å². The molecule has 10 nitrogen and oxygen atoms in total. The van der Waals surface area contributed by atoms with Crippen molar-refractivity contribution in [2.45, 2.75) is 18.5 Å². The Morgan fingerprint density at radius 1 is 1.13 bits per heavy atom. The number of aliphatic carboxylic acids is 1. The monoisotopic (exact) mass is 350 g/mol. The number of nitrogens with two attached hydrogens (primary N) is 1. The Bertz CT molecular complexity index is 434. The van der Waals surface area contributed by atoms with Gasteiger partial charge in [0.15, 0.2) is 0 Å². The number of carbonyl (C=O) groups excluding carboxylic acids is 3. The number of hydrogen-bond donors (Lipinski definition) is 6. The summed E-state index contributed by atoms with van der Waals surface area (Å²) >= 11 is 1.54. The average molecular weight is 350 g/mol. The molecule has 0 fully saturated rings. The summed E-state index contributed by atoms with van der Waals surface area (Å²) in [6.07, 6.45) is 2.34. The number of aliphatic hydroxyl groups excluding tert-OH is 1. The number of nitrogens with one attached hydrogen (secondary N) is 3. The lowest BCUT2D eigenvalue weighted by Crippen LogP contribution is -2.53. The summed E-state index contributed by atoms with van der Waals surface area (Å²) in [5.41, 5.74) is 5.62. The van der Waals surface area contributed by atoms with Crippen LogP contribution in [0.15, 0.2) is 0 Å². The van der Waals surface area contributed by atoms with Crippen molar-refractivity contribution in [1.82, 2.24) is 16.0 Å². The van der Waals surface area contributed by atoms with Gasteiger partial charge in [0, 0.05) is 0 Å². The number of aliphatic hydroxyl groups is 1. The molecular weight excluding hydrogens is 328 g/mol. The van der Waals surface area contributed by atoms with E-state index in [1.165, 1.54) is 11.8 Å². The highest BCUT2D eigenvalue weighted by atomic mass is 32.2. The van der Waals surface area contributed by atoms with E-state index >= 15 is 0 Å². The van der Waals surface area contributed by atoms with Crippen LogP contribution in [-0.2, 0) is 19.2 Å². The van der Waals surface area contributed by atoms with Gasteiger partial charge in [-0.05, 0) is 18.4 Å².